The molecule has 2 amide bonds. The summed E-state index contributed by atoms with van der Waals surface area (Å²) in [6.07, 6.45) is 3.48. The number of piperazine rings is 1. The van der Waals surface area contributed by atoms with Crippen molar-refractivity contribution in [1.82, 2.24) is 14.9 Å². The molecule has 3 rings (SSSR count). The van der Waals surface area contributed by atoms with E-state index in [0.29, 0.717) is 38.2 Å². The van der Waals surface area contributed by atoms with Crippen LogP contribution in [0.5, 0.6) is 0 Å². The fraction of sp³-hybridized carbons (Fsp3) is 0.250. The number of anilines is 2. The van der Waals surface area contributed by atoms with Gasteiger partial charge >= 0.3 is 0 Å². The molecule has 9 heteroatoms. The first kappa shape index (κ1) is 16.7. The van der Waals surface area contributed by atoms with Gasteiger partial charge in [0.1, 0.15) is 11.6 Å². The molecule has 1 N–H and O–H groups in total. The van der Waals surface area contributed by atoms with Crippen molar-refractivity contribution in [2.24, 2.45) is 0 Å². The van der Waals surface area contributed by atoms with Crippen LogP contribution in [0.4, 0.5) is 20.4 Å². The van der Waals surface area contributed by atoms with Gasteiger partial charge in [-0.25, -0.2) is 18.7 Å². The Morgan fingerprint density at radius 2 is 1.80 bits per heavy atom. The highest BCUT2D eigenvalue weighted by molar-refractivity contribution is 6.03. The zero-order chi connectivity index (χ0) is 17.8. The van der Waals surface area contributed by atoms with Gasteiger partial charge in [0, 0.05) is 44.6 Å². The summed E-state index contributed by atoms with van der Waals surface area (Å²) in [4.78, 5) is 34.7. The molecule has 0 unspecified atom stereocenters. The molecule has 25 heavy (non-hydrogen) atoms. The van der Waals surface area contributed by atoms with E-state index in [1.54, 1.807) is 4.90 Å². The van der Waals surface area contributed by atoms with Crippen molar-refractivity contribution in [3.63, 3.8) is 0 Å². The standard InChI is InChI=1S/C16H15F2N5O2/c17-12-1-2-14(13(18)7-12)21-15(25)11-8-19-16(20-9-11)23-5-3-22(10-24)4-6-23/h1-2,7-10H,3-6H2,(H,21,25). The molecule has 0 spiro atoms. The summed E-state index contributed by atoms with van der Waals surface area (Å²) in [7, 11) is 0. The van der Waals surface area contributed by atoms with Crippen LogP contribution in [0.2, 0.25) is 0 Å². The van der Waals surface area contributed by atoms with Crippen LogP contribution in [0, 0.1) is 11.6 Å². The van der Waals surface area contributed by atoms with Gasteiger partial charge in [-0.3, -0.25) is 9.59 Å². The molecule has 1 aromatic heterocycles. The first-order valence-corrected chi connectivity index (χ1v) is 7.59. The molecule has 1 fully saturated rings. The van der Waals surface area contributed by atoms with Crippen molar-refractivity contribution in [2.75, 3.05) is 36.4 Å². The minimum Gasteiger partial charge on any atom is -0.342 e. The van der Waals surface area contributed by atoms with Gasteiger partial charge in [-0.05, 0) is 12.1 Å². The maximum atomic E-state index is 13.6. The summed E-state index contributed by atoms with van der Waals surface area (Å²) < 4.78 is 26.4. The van der Waals surface area contributed by atoms with E-state index in [1.165, 1.54) is 12.4 Å². The summed E-state index contributed by atoms with van der Waals surface area (Å²) in [6.45, 7) is 2.37. The molecule has 0 atom stereocenters. The van der Waals surface area contributed by atoms with Gasteiger partial charge in [0.05, 0.1) is 11.3 Å². The lowest BCUT2D eigenvalue weighted by molar-refractivity contribution is -0.118. The highest BCUT2D eigenvalue weighted by Crippen LogP contribution is 2.16. The van der Waals surface area contributed by atoms with E-state index < -0.39 is 17.5 Å². The molecule has 130 valence electrons. The van der Waals surface area contributed by atoms with Gasteiger partial charge in [-0.1, -0.05) is 0 Å². The molecule has 1 saturated heterocycles. The molecule has 0 radical (unpaired) electrons. The zero-order valence-corrected chi connectivity index (χ0v) is 13.2. The monoisotopic (exact) mass is 347 g/mol. The molecule has 0 bridgehead atoms. The van der Waals surface area contributed by atoms with Crippen molar-refractivity contribution in [3.8, 4) is 0 Å². The van der Waals surface area contributed by atoms with Gasteiger partial charge in [0.2, 0.25) is 12.4 Å². The SMILES string of the molecule is O=CN1CCN(c2ncc(C(=O)Nc3ccc(F)cc3F)cn2)CC1. The average Bonchev–Trinajstić information content (AvgIpc) is 2.64. The van der Waals surface area contributed by atoms with Crippen LogP contribution in [0.25, 0.3) is 0 Å². The van der Waals surface area contributed by atoms with E-state index in [4.69, 9.17) is 0 Å². The van der Waals surface area contributed by atoms with Crippen LogP contribution in [0.3, 0.4) is 0 Å². The van der Waals surface area contributed by atoms with Crippen molar-refractivity contribution in [1.29, 1.82) is 0 Å². The number of hydrogen-bond acceptors (Lipinski definition) is 5. The normalized spacial score (nSPS) is 14.3. The van der Waals surface area contributed by atoms with Crippen molar-refractivity contribution < 1.29 is 18.4 Å². The summed E-state index contributed by atoms with van der Waals surface area (Å²) in [5.74, 6) is -1.73. The number of hydrogen-bond donors (Lipinski definition) is 1. The summed E-state index contributed by atoms with van der Waals surface area (Å²) in [5.41, 5.74) is 0.0273. The Labute approximate surface area is 142 Å². The van der Waals surface area contributed by atoms with E-state index in [1.807, 2.05) is 4.90 Å². The number of nitrogens with one attached hydrogen (secondary N) is 1. The minimum atomic E-state index is -0.862. The smallest absolute Gasteiger partial charge is 0.258 e. The number of carbonyl (C=O) groups is 2. The maximum absolute atomic E-state index is 13.6. The molecular weight excluding hydrogens is 332 g/mol. The second-order valence-corrected chi connectivity index (χ2v) is 5.48. The lowest BCUT2D eigenvalue weighted by Gasteiger charge is -2.32. The number of benzene rings is 1. The molecule has 1 aliphatic rings. The van der Waals surface area contributed by atoms with Gasteiger partial charge in [-0.15, -0.1) is 0 Å². The Hall–Kier alpha value is -3.10. The van der Waals surface area contributed by atoms with Crippen LogP contribution in [-0.4, -0.2) is 53.4 Å². The van der Waals surface area contributed by atoms with E-state index in [9.17, 15) is 18.4 Å². The van der Waals surface area contributed by atoms with Gasteiger partial charge in [-0.2, -0.15) is 0 Å². The Balaban J connectivity index is 1.65. The highest BCUT2D eigenvalue weighted by atomic mass is 19.1. The molecule has 0 saturated carbocycles. The maximum Gasteiger partial charge on any atom is 0.258 e. The Morgan fingerprint density at radius 1 is 1.12 bits per heavy atom. The average molecular weight is 347 g/mol. The van der Waals surface area contributed by atoms with Crippen LogP contribution in [-0.2, 0) is 4.79 Å². The quantitative estimate of drug-likeness (QED) is 0.843. The van der Waals surface area contributed by atoms with E-state index >= 15 is 0 Å². The highest BCUT2D eigenvalue weighted by Gasteiger charge is 2.18. The van der Waals surface area contributed by atoms with E-state index in [0.717, 1.165) is 18.5 Å². The lowest BCUT2D eigenvalue weighted by Crippen LogP contribution is -2.46. The Morgan fingerprint density at radius 3 is 2.40 bits per heavy atom. The largest absolute Gasteiger partial charge is 0.342 e. The third-order valence-corrected chi connectivity index (χ3v) is 3.83. The second kappa shape index (κ2) is 7.20. The predicted molar refractivity (Wildman–Crippen MR) is 86.2 cm³/mol. The third kappa shape index (κ3) is 3.87. The number of aromatic nitrogens is 2. The number of nitrogens with zero attached hydrogens (tertiary/aromatic N) is 4. The number of halogens is 2. The fourth-order valence-corrected chi connectivity index (χ4v) is 2.41. The summed E-state index contributed by atoms with van der Waals surface area (Å²) >= 11 is 0. The zero-order valence-electron chi connectivity index (χ0n) is 13.2. The van der Waals surface area contributed by atoms with Gasteiger partial charge < -0.3 is 15.1 Å². The van der Waals surface area contributed by atoms with Crippen LogP contribution in [0.15, 0.2) is 30.6 Å². The summed E-state index contributed by atoms with van der Waals surface area (Å²) in [6, 6.07) is 2.88. The predicted octanol–water partition coefficient (Wildman–Crippen LogP) is 1.29. The molecule has 1 aliphatic heterocycles. The van der Waals surface area contributed by atoms with Crippen LogP contribution < -0.4 is 10.2 Å². The van der Waals surface area contributed by atoms with Gasteiger partial charge in [0.25, 0.3) is 5.91 Å². The molecule has 2 heterocycles. The Kier molecular flexibility index (Phi) is 4.82. The van der Waals surface area contributed by atoms with E-state index in [2.05, 4.69) is 15.3 Å². The minimum absolute atomic E-state index is 0.125. The van der Waals surface area contributed by atoms with Crippen LogP contribution in [0.1, 0.15) is 10.4 Å². The number of amides is 2. The lowest BCUT2D eigenvalue weighted by atomic mass is 10.2. The number of rotatable bonds is 4. The summed E-state index contributed by atoms with van der Waals surface area (Å²) in [5, 5.41) is 2.35. The molecular formula is C16H15F2N5O2. The number of carbonyl (C=O) groups excluding carboxylic acids is 2. The first-order chi connectivity index (χ1) is 12.1. The van der Waals surface area contributed by atoms with Gasteiger partial charge in [0.15, 0.2) is 0 Å². The van der Waals surface area contributed by atoms with Crippen LogP contribution >= 0.6 is 0 Å². The third-order valence-electron chi connectivity index (χ3n) is 3.83. The second-order valence-electron chi connectivity index (χ2n) is 5.48. The van der Waals surface area contributed by atoms with Crippen molar-refractivity contribution in [3.05, 3.63) is 47.8 Å². The van der Waals surface area contributed by atoms with E-state index in [-0.39, 0.29) is 11.3 Å². The fourth-order valence-electron chi connectivity index (χ4n) is 2.41. The molecule has 7 nitrogen and oxygen atoms in total. The first-order valence-electron chi connectivity index (χ1n) is 7.59. The molecule has 0 aliphatic carbocycles. The molecule has 1 aromatic carbocycles. The Bertz CT molecular complexity index is 777. The van der Waals surface area contributed by atoms with Crippen molar-refractivity contribution >= 4 is 24.0 Å². The molecule has 2 aromatic rings. The van der Waals surface area contributed by atoms with Crippen molar-refractivity contribution in [2.45, 2.75) is 0 Å². The topological polar surface area (TPSA) is 78.4 Å².